The van der Waals surface area contributed by atoms with Gasteiger partial charge in [0.2, 0.25) is 5.91 Å². The quantitative estimate of drug-likeness (QED) is 0.857. The number of hydrogen-bond donors (Lipinski definition) is 2. The van der Waals surface area contributed by atoms with Crippen LogP contribution in [0.2, 0.25) is 0 Å². The molecule has 0 spiro atoms. The first-order valence-corrected chi connectivity index (χ1v) is 8.02. The second kappa shape index (κ2) is 9.17. The molecule has 2 aromatic rings. The molecule has 1 saturated carbocycles. The van der Waals surface area contributed by atoms with Crippen LogP contribution in [0.25, 0.3) is 11.4 Å². The second-order valence-electron chi connectivity index (χ2n) is 5.36. The molecule has 126 valence electrons. The van der Waals surface area contributed by atoms with Gasteiger partial charge in [0.15, 0.2) is 5.13 Å². The maximum Gasteiger partial charge on any atom is 0.226 e. The summed E-state index contributed by atoms with van der Waals surface area (Å²) in [6.07, 6.45) is 5.42. The van der Waals surface area contributed by atoms with Crippen LogP contribution in [0.5, 0.6) is 0 Å². The van der Waals surface area contributed by atoms with Crippen LogP contribution in [0.1, 0.15) is 25.7 Å². The van der Waals surface area contributed by atoms with E-state index in [-0.39, 0.29) is 36.8 Å². The lowest BCUT2D eigenvalue weighted by molar-refractivity contribution is -0.117. The molecule has 0 saturated heterocycles. The number of amides is 1. The predicted molar refractivity (Wildman–Crippen MR) is 98.4 cm³/mol. The van der Waals surface area contributed by atoms with Crippen LogP contribution in [0.3, 0.4) is 0 Å². The first-order valence-electron chi connectivity index (χ1n) is 7.15. The van der Waals surface area contributed by atoms with Gasteiger partial charge in [0.05, 0.1) is 5.69 Å². The van der Waals surface area contributed by atoms with Crippen LogP contribution >= 0.6 is 36.2 Å². The van der Waals surface area contributed by atoms with E-state index in [0.29, 0.717) is 17.5 Å². The van der Waals surface area contributed by atoms with Crippen molar-refractivity contribution in [1.29, 1.82) is 0 Å². The van der Waals surface area contributed by atoms with Crippen LogP contribution in [0, 0.1) is 5.92 Å². The van der Waals surface area contributed by atoms with Crippen molar-refractivity contribution in [2.45, 2.75) is 31.7 Å². The van der Waals surface area contributed by atoms with Crippen LogP contribution in [0.15, 0.2) is 29.8 Å². The summed E-state index contributed by atoms with van der Waals surface area (Å²) < 4.78 is 0. The van der Waals surface area contributed by atoms with E-state index in [1.165, 1.54) is 11.3 Å². The smallest absolute Gasteiger partial charge is 0.226 e. The van der Waals surface area contributed by atoms with Gasteiger partial charge >= 0.3 is 0 Å². The Kier molecular flexibility index (Phi) is 7.91. The van der Waals surface area contributed by atoms with E-state index in [9.17, 15) is 4.79 Å². The lowest BCUT2D eigenvalue weighted by Gasteiger charge is -2.13. The Morgan fingerprint density at radius 1 is 1.30 bits per heavy atom. The predicted octanol–water partition coefficient (Wildman–Crippen LogP) is 3.50. The number of halogens is 2. The average Bonchev–Trinajstić information content (AvgIpc) is 3.10. The van der Waals surface area contributed by atoms with Gasteiger partial charge in [0.1, 0.15) is 5.69 Å². The van der Waals surface area contributed by atoms with Crippen molar-refractivity contribution >= 4 is 47.2 Å². The van der Waals surface area contributed by atoms with Gasteiger partial charge in [-0.05, 0) is 30.9 Å². The summed E-state index contributed by atoms with van der Waals surface area (Å²) in [5.41, 5.74) is 7.60. The van der Waals surface area contributed by atoms with E-state index in [0.717, 1.165) is 30.7 Å². The molecule has 23 heavy (non-hydrogen) atoms. The zero-order valence-electron chi connectivity index (χ0n) is 12.5. The molecular weight excluding hydrogens is 355 g/mol. The normalized spacial score (nSPS) is 19.5. The Morgan fingerprint density at radius 2 is 2.13 bits per heavy atom. The fraction of sp³-hybridized carbons (Fsp3) is 0.400. The number of nitrogens with two attached hydrogens (primary N) is 1. The highest BCUT2D eigenvalue weighted by Gasteiger charge is 2.26. The number of pyridine rings is 1. The van der Waals surface area contributed by atoms with Crippen molar-refractivity contribution in [1.82, 2.24) is 9.97 Å². The minimum Gasteiger partial charge on any atom is -0.327 e. The molecule has 1 amide bonds. The first kappa shape index (κ1) is 19.8. The number of carbonyl (C=O) groups excluding carboxylic acids is 1. The lowest BCUT2D eigenvalue weighted by Crippen LogP contribution is -2.28. The Labute approximate surface area is 151 Å². The SMILES string of the molecule is Cl.Cl.N[C@@H]1CCC[C@H]1CC(=O)Nc1nc(-c2ccccn2)cs1. The zero-order chi connectivity index (χ0) is 14.7. The number of nitrogens with zero attached hydrogens (tertiary/aromatic N) is 2. The molecule has 1 aliphatic rings. The van der Waals surface area contributed by atoms with E-state index in [4.69, 9.17) is 5.73 Å². The van der Waals surface area contributed by atoms with Gasteiger partial charge in [-0.3, -0.25) is 9.78 Å². The van der Waals surface area contributed by atoms with Gasteiger partial charge in [0.25, 0.3) is 0 Å². The number of nitrogens with one attached hydrogen (secondary N) is 1. The highest BCUT2D eigenvalue weighted by Crippen LogP contribution is 2.28. The Hall–Kier alpha value is -1.21. The van der Waals surface area contributed by atoms with E-state index in [1.807, 2.05) is 23.6 Å². The highest BCUT2D eigenvalue weighted by atomic mass is 35.5. The largest absolute Gasteiger partial charge is 0.327 e. The fourth-order valence-electron chi connectivity index (χ4n) is 2.69. The Bertz CT molecular complexity index is 623. The molecule has 8 heteroatoms. The third-order valence-corrected chi connectivity index (χ3v) is 4.60. The maximum absolute atomic E-state index is 12.0. The second-order valence-corrected chi connectivity index (χ2v) is 6.22. The van der Waals surface area contributed by atoms with Crippen LogP contribution in [-0.2, 0) is 4.79 Å². The topological polar surface area (TPSA) is 80.9 Å². The monoisotopic (exact) mass is 374 g/mol. The molecular formula is C15H20Cl2N4OS. The Morgan fingerprint density at radius 3 is 2.78 bits per heavy atom. The van der Waals surface area contributed by atoms with Gasteiger partial charge < -0.3 is 11.1 Å². The number of carbonyl (C=O) groups is 1. The molecule has 0 aliphatic heterocycles. The third kappa shape index (κ3) is 5.14. The van der Waals surface area contributed by atoms with E-state index < -0.39 is 0 Å². The molecule has 2 heterocycles. The number of aromatic nitrogens is 2. The number of thiazole rings is 1. The number of rotatable bonds is 4. The minimum absolute atomic E-state index is 0. The molecule has 3 N–H and O–H groups in total. The molecule has 0 unspecified atom stereocenters. The van der Waals surface area contributed by atoms with Crippen molar-refractivity contribution in [2.75, 3.05) is 5.32 Å². The zero-order valence-corrected chi connectivity index (χ0v) is 14.9. The fourth-order valence-corrected chi connectivity index (χ4v) is 3.41. The summed E-state index contributed by atoms with van der Waals surface area (Å²) in [7, 11) is 0. The molecule has 3 rings (SSSR count). The summed E-state index contributed by atoms with van der Waals surface area (Å²) >= 11 is 1.42. The number of hydrogen-bond acceptors (Lipinski definition) is 5. The molecule has 0 aromatic carbocycles. The summed E-state index contributed by atoms with van der Waals surface area (Å²) in [6, 6.07) is 5.85. The van der Waals surface area contributed by atoms with Crippen LogP contribution in [-0.4, -0.2) is 21.9 Å². The average molecular weight is 375 g/mol. The Balaban J connectivity index is 0.00000132. The minimum atomic E-state index is -0.000675. The molecule has 0 bridgehead atoms. The van der Waals surface area contributed by atoms with Gasteiger partial charge in [-0.25, -0.2) is 4.98 Å². The highest BCUT2D eigenvalue weighted by molar-refractivity contribution is 7.14. The lowest BCUT2D eigenvalue weighted by atomic mass is 10.00. The van der Waals surface area contributed by atoms with Crippen molar-refractivity contribution < 1.29 is 4.79 Å². The van der Waals surface area contributed by atoms with E-state index in [1.54, 1.807) is 6.20 Å². The van der Waals surface area contributed by atoms with Crippen molar-refractivity contribution in [3.63, 3.8) is 0 Å². The standard InChI is InChI=1S/C15H18N4OS.2ClH/c16-11-5-3-4-10(11)8-14(20)19-15-18-13(9-21-15)12-6-1-2-7-17-12;;/h1-2,6-7,9-11H,3-5,8,16H2,(H,18,19,20);2*1H/t10-,11+;;/m0../s1. The molecule has 0 radical (unpaired) electrons. The number of anilines is 1. The summed E-state index contributed by atoms with van der Waals surface area (Å²) in [6.45, 7) is 0. The van der Waals surface area contributed by atoms with Crippen molar-refractivity contribution in [3.8, 4) is 11.4 Å². The van der Waals surface area contributed by atoms with Gasteiger partial charge in [-0.1, -0.05) is 12.5 Å². The summed E-state index contributed by atoms with van der Waals surface area (Å²) in [5, 5.41) is 5.38. The van der Waals surface area contributed by atoms with E-state index in [2.05, 4.69) is 15.3 Å². The first-order chi connectivity index (χ1) is 10.2. The summed E-state index contributed by atoms with van der Waals surface area (Å²) in [4.78, 5) is 20.7. The molecule has 5 nitrogen and oxygen atoms in total. The van der Waals surface area contributed by atoms with Gasteiger partial charge in [-0.15, -0.1) is 36.2 Å². The maximum atomic E-state index is 12.0. The molecule has 2 atom stereocenters. The van der Waals surface area contributed by atoms with Crippen LogP contribution in [0.4, 0.5) is 5.13 Å². The molecule has 1 fully saturated rings. The summed E-state index contributed by atoms with van der Waals surface area (Å²) in [5.74, 6) is 0.305. The third-order valence-electron chi connectivity index (χ3n) is 3.84. The van der Waals surface area contributed by atoms with Gasteiger partial charge in [0, 0.05) is 24.0 Å². The van der Waals surface area contributed by atoms with Crippen LogP contribution < -0.4 is 11.1 Å². The van der Waals surface area contributed by atoms with Crippen molar-refractivity contribution in [3.05, 3.63) is 29.8 Å². The van der Waals surface area contributed by atoms with E-state index >= 15 is 0 Å². The molecule has 2 aromatic heterocycles. The van der Waals surface area contributed by atoms with Crippen molar-refractivity contribution in [2.24, 2.45) is 11.7 Å². The molecule has 1 aliphatic carbocycles. The van der Waals surface area contributed by atoms with Gasteiger partial charge in [-0.2, -0.15) is 0 Å².